The van der Waals surface area contributed by atoms with E-state index < -0.39 is 0 Å². The zero-order chi connectivity index (χ0) is 14.0. The summed E-state index contributed by atoms with van der Waals surface area (Å²) in [6.45, 7) is 1.46. The number of thioether (sulfide) groups is 1. The molecule has 2 rings (SSSR count). The van der Waals surface area contributed by atoms with Crippen molar-refractivity contribution in [2.24, 2.45) is 5.73 Å². The van der Waals surface area contributed by atoms with E-state index in [0.717, 1.165) is 24.7 Å². The van der Waals surface area contributed by atoms with Crippen molar-refractivity contribution in [3.05, 3.63) is 71.8 Å². The first-order valence-corrected chi connectivity index (χ1v) is 8.06. The normalized spacial score (nSPS) is 10.9. The van der Waals surface area contributed by atoms with Crippen LogP contribution in [0, 0.1) is 0 Å². The van der Waals surface area contributed by atoms with E-state index in [-0.39, 0.29) is 6.10 Å². The van der Waals surface area contributed by atoms with E-state index in [1.165, 1.54) is 11.1 Å². The summed E-state index contributed by atoms with van der Waals surface area (Å²) < 4.78 is 6.10. The second-order valence-corrected chi connectivity index (χ2v) is 5.70. The van der Waals surface area contributed by atoms with E-state index in [1.807, 2.05) is 23.9 Å². The smallest absolute Gasteiger partial charge is 0.108 e. The fourth-order valence-corrected chi connectivity index (χ4v) is 2.64. The van der Waals surface area contributed by atoms with Crippen LogP contribution in [0.3, 0.4) is 0 Å². The molecule has 2 nitrogen and oxygen atoms in total. The van der Waals surface area contributed by atoms with Gasteiger partial charge in [-0.25, -0.2) is 0 Å². The van der Waals surface area contributed by atoms with Gasteiger partial charge in [0.1, 0.15) is 6.10 Å². The molecule has 0 radical (unpaired) electrons. The molecule has 106 valence electrons. The van der Waals surface area contributed by atoms with Crippen LogP contribution in [0.25, 0.3) is 0 Å². The van der Waals surface area contributed by atoms with E-state index in [9.17, 15) is 0 Å². The molecule has 0 aliphatic rings. The van der Waals surface area contributed by atoms with Crippen molar-refractivity contribution in [2.45, 2.75) is 6.10 Å². The number of hydrogen-bond acceptors (Lipinski definition) is 3. The number of nitrogens with two attached hydrogens (primary N) is 1. The topological polar surface area (TPSA) is 35.2 Å². The predicted molar refractivity (Wildman–Crippen MR) is 87.1 cm³/mol. The maximum atomic E-state index is 6.10. The van der Waals surface area contributed by atoms with Gasteiger partial charge >= 0.3 is 0 Å². The quantitative estimate of drug-likeness (QED) is 0.755. The first-order valence-electron chi connectivity index (χ1n) is 6.91. The fraction of sp³-hybridized carbons (Fsp3) is 0.294. The minimum absolute atomic E-state index is 0.0101. The van der Waals surface area contributed by atoms with Crippen LogP contribution in [-0.2, 0) is 4.74 Å². The van der Waals surface area contributed by atoms with Gasteiger partial charge in [0, 0.05) is 18.1 Å². The highest BCUT2D eigenvalue weighted by atomic mass is 32.2. The van der Waals surface area contributed by atoms with Crippen LogP contribution in [0.2, 0.25) is 0 Å². The van der Waals surface area contributed by atoms with Crippen molar-refractivity contribution in [1.29, 1.82) is 0 Å². The van der Waals surface area contributed by atoms with Crippen LogP contribution >= 0.6 is 11.8 Å². The molecule has 0 bridgehead atoms. The number of ether oxygens (including phenoxy) is 1. The SMILES string of the molecule is NCCSCCOC(c1ccccc1)c1ccccc1. The molecule has 2 aromatic carbocycles. The molecular formula is C17H21NOS. The van der Waals surface area contributed by atoms with Crippen LogP contribution in [-0.4, -0.2) is 24.7 Å². The van der Waals surface area contributed by atoms with Gasteiger partial charge in [-0.3, -0.25) is 0 Å². The molecule has 2 N–H and O–H groups in total. The lowest BCUT2D eigenvalue weighted by Gasteiger charge is -2.19. The van der Waals surface area contributed by atoms with E-state index in [1.54, 1.807) is 0 Å². The van der Waals surface area contributed by atoms with Crippen LogP contribution in [0.4, 0.5) is 0 Å². The Morgan fingerprint density at radius 2 is 1.40 bits per heavy atom. The van der Waals surface area contributed by atoms with Gasteiger partial charge in [-0.05, 0) is 11.1 Å². The fourth-order valence-electron chi connectivity index (χ4n) is 2.05. The maximum absolute atomic E-state index is 6.10. The molecule has 0 fully saturated rings. The van der Waals surface area contributed by atoms with Gasteiger partial charge in [0.05, 0.1) is 6.61 Å². The monoisotopic (exact) mass is 287 g/mol. The highest BCUT2D eigenvalue weighted by Crippen LogP contribution is 2.25. The Labute approximate surface area is 125 Å². The summed E-state index contributed by atoms with van der Waals surface area (Å²) in [6.07, 6.45) is 0.0101. The molecular weight excluding hydrogens is 266 g/mol. The Morgan fingerprint density at radius 1 is 0.850 bits per heavy atom. The predicted octanol–water partition coefficient (Wildman–Crippen LogP) is 3.48. The summed E-state index contributed by atoms with van der Waals surface area (Å²) in [5.74, 6) is 1.97. The largest absolute Gasteiger partial charge is 0.368 e. The van der Waals surface area contributed by atoms with E-state index in [2.05, 4.69) is 48.5 Å². The number of hydrogen-bond donors (Lipinski definition) is 1. The summed E-state index contributed by atoms with van der Waals surface area (Å²) in [6, 6.07) is 20.7. The third kappa shape index (κ3) is 4.67. The van der Waals surface area contributed by atoms with Crippen molar-refractivity contribution in [3.8, 4) is 0 Å². The van der Waals surface area contributed by atoms with Crippen molar-refractivity contribution < 1.29 is 4.74 Å². The highest BCUT2D eigenvalue weighted by Gasteiger charge is 2.13. The molecule has 0 aromatic heterocycles. The summed E-state index contributed by atoms with van der Waals surface area (Å²) in [4.78, 5) is 0. The average molecular weight is 287 g/mol. The number of rotatable bonds is 8. The molecule has 0 amide bonds. The lowest BCUT2D eigenvalue weighted by atomic mass is 10.0. The van der Waals surface area contributed by atoms with Gasteiger partial charge in [-0.2, -0.15) is 11.8 Å². The van der Waals surface area contributed by atoms with E-state index >= 15 is 0 Å². The first kappa shape index (κ1) is 15.1. The van der Waals surface area contributed by atoms with Crippen molar-refractivity contribution in [3.63, 3.8) is 0 Å². The molecule has 20 heavy (non-hydrogen) atoms. The molecule has 0 saturated heterocycles. The Hall–Kier alpha value is -1.29. The molecule has 0 heterocycles. The van der Waals surface area contributed by atoms with Crippen LogP contribution in [0.15, 0.2) is 60.7 Å². The van der Waals surface area contributed by atoms with E-state index in [0.29, 0.717) is 0 Å². The van der Waals surface area contributed by atoms with Gasteiger partial charge < -0.3 is 10.5 Å². The van der Waals surface area contributed by atoms with E-state index in [4.69, 9.17) is 10.5 Å². The van der Waals surface area contributed by atoms with Gasteiger partial charge in [-0.1, -0.05) is 60.7 Å². The first-order chi connectivity index (χ1) is 9.92. The van der Waals surface area contributed by atoms with Crippen LogP contribution in [0.1, 0.15) is 17.2 Å². The second-order valence-electron chi connectivity index (χ2n) is 4.47. The van der Waals surface area contributed by atoms with Gasteiger partial charge in [0.25, 0.3) is 0 Å². The Bertz CT molecular complexity index is 435. The minimum Gasteiger partial charge on any atom is -0.368 e. The van der Waals surface area contributed by atoms with Crippen molar-refractivity contribution >= 4 is 11.8 Å². The van der Waals surface area contributed by atoms with Crippen LogP contribution < -0.4 is 5.73 Å². The molecule has 0 saturated carbocycles. The van der Waals surface area contributed by atoms with Crippen molar-refractivity contribution in [1.82, 2.24) is 0 Å². The zero-order valence-corrected chi connectivity index (χ0v) is 12.4. The summed E-state index contributed by atoms with van der Waals surface area (Å²) in [5.41, 5.74) is 7.88. The molecule has 2 aromatic rings. The van der Waals surface area contributed by atoms with Gasteiger partial charge in [-0.15, -0.1) is 0 Å². The minimum atomic E-state index is 0.0101. The third-order valence-electron chi connectivity index (χ3n) is 2.98. The molecule has 0 aliphatic carbocycles. The Morgan fingerprint density at radius 3 is 1.90 bits per heavy atom. The second kappa shape index (κ2) is 8.80. The molecule has 0 spiro atoms. The standard InChI is InChI=1S/C17H21NOS/c18-11-13-20-14-12-19-17(15-7-3-1-4-8-15)16-9-5-2-6-10-16/h1-10,17H,11-14,18H2. The summed E-state index contributed by atoms with van der Waals surface area (Å²) in [5, 5.41) is 0. The molecule has 0 atom stereocenters. The zero-order valence-electron chi connectivity index (χ0n) is 11.6. The number of benzene rings is 2. The molecule has 3 heteroatoms. The lowest BCUT2D eigenvalue weighted by Crippen LogP contribution is -2.10. The summed E-state index contributed by atoms with van der Waals surface area (Å²) in [7, 11) is 0. The Balaban J connectivity index is 2.02. The van der Waals surface area contributed by atoms with Gasteiger partial charge in [0.15, 0.2) is 0 Å². The van der Waals surface area contributed by atoms with Crippen LogP contribution in [0.5, 0.6) is 0 Å². The lowest BCUT2D eigenvalue weighted by molar-refractivity contribution is 0.0935. The molecule has 0 aliphatic heterocycles. The van der Waals surface area contributed by atoms with Gasteiger partial charge in [0.2, 0.25) is 0 Å². The highest BCUT2D eigenvalue weighted by molar-refractivity contribution is 7.99. The Kier molecular flexibility index (Phi) is 6.64. The maximum Gasteiger partial charge on any atom is 0.108 e. The third-order valence-corrected chi connectivity index (χ3v) is 3.96. The summed E-state index contributed by atoms with van der Waals surface area (Å²) >= 11 is 1.84. The molecule has 0 unspecified atom stereocenters. The average Bonchev–Trinajstić information content (AvgIpc) is 2.53. The van der Waals surface area contributed by atoms with Crippen molar-refractivity contribution in [2.75, 3.05) is 24.7 Å².